The summed E-state index contributed by atoms with van der Waals surface area (Å²) < 4.78 is 6.00. The molecular weight excluding hydrogens is 286 g/mol. The maximum absolute atomic E-state index is 11.8. The summed E-state index contributed by atoms with van der Waals surface area (Å²) in [7, 11) is 0. The summed E-state index contributed by atoms with van der Waals surface area (Å²) in [5.41, 5.74) is 9.86. The van der Waals surface area contributed by atoms with Gasteiger partial charge in [-0.25, -0.2) is 0 Å². The number of aryl methyl sites for hydroxylation is 2. The number of carbonyl (C=O) groups excluding carboxylic acids is 1. The van der Waals surface area contributed by atoms with Crippen LogP contribution in [-0.2, 0) is 11.4 Å². The molecule has 0 saturated carbocycles. The third kappa shape index (κ3) is 4.35. The van der Waals surface area contributed by atoms with Crippen molar-refractivity contribution >= 4 is 5.91 Å². The molecule has 3 nitrogen and oxygen atoms in total. The highest BCUT2D eigenvalue weighted by atomic mass is 16.5. The van der Waals surface area contributed by atoms with Crippen LogP contribution in [0.5, 0.6) is 5.75 Å². The number of hydrogen-bond donors (Lipinski definition) is 1. The summed E-state index contributed by atoms with van der Waals surface area (Å²) in [6.07, 6.45) is 1.68. The first kappa shape index (κ1) is 17.1. The summed E-state index contributed by atoms with van der Waals surface area (Å²) >= 11 is 0. The number of ether oxygens (including phenoxy) is 1. The Morgan fingerprint density at radius 2 is 1.91 bits per heavy atom. The Hall–Kier alpha value is -2.29. The number of amides is 1. The van der Waals surface area contributed by atoms with Gasteiger partial charge in [-0.15, -0.1) is 0 Å². The molecule has 0 radical (unpaired) electrons. The monoisotopic (exact) mass is 311 g/mol. The fourth-order valence-electron chi connectivity index (χ4n) is 2.76. The summed E-state index contributed by atoms with van der Waals surface area (Å²) in [5, 5.41) is 0. The molecule has 2 aromatic carbocycles. The normalized spacial score (nSPS) is 12.0. The van der Waals surface area contributed by atoms with Crippen LogP contribution < -0.4 is 10.5 Å². The second kappa shape index (κ2) is 7.82. The first-order valence-electron chi connectivity index (χ1n) is 8.10. The van der Waals surface area contributed by atoms with Crippen molar-refractivity contribution in [1.82, 2.24) is 0 Å². The molecule has 1 unspecified atom stereocenters. The van der Waals surface area contributed by atoms with Gasteiger partial charge in [-0.2, -0.15) is 0 Å². The Kier molecular flexibility index (Phi) is 5.80. The Morgan fingerprint density at radius 1 is 1.17 bits per heavy atom. The summed E-state index contributed by atoms with van der Waals surface area (Å²) in [4.78, 5) is 11.8. The Bertz CT molecular complexity index is 679. The van der Waals surface area contributed by atoms with Crippen molar-refractivity contribution in [2.24, 2.45) is 5.73 Å². The van der Waals surface area contributed by atoms with Gasteiger partial charge in [0, 0.05) is 0 Å². The molecule has 0 saturated heterocycles. The standard InChI is InChI=1S/C20H25NO2/c1-4-7-18(20(21)22)17-9-6-5-8-16(17)13-23-19-12-14(2)10-11-15(19)3/h5-6,8-12,18H,4,7,13H2,1-3H3,(H2,21,22). The fourth-order valence-corrected chi connectivity index (χ4v) is 2.76. The number of primary amides is 1. The summed E-state index contributed by atoms with van der Waals surface area (Å²) in [6.45, 7) is 6.58. The zero-order valence-corrected chi connectivity index (χ0v) is 14.1. The molecule has 0 aliphatic heterocycles. The van der Waals surface area contributed by atoms with Crippen LogP contribution in [0, 0.1) is 13.8 Å². The third-order valence-electron chi connectivity index (χ3n) is 4.08. The highest BCUT2D eigenvalue weighted by Gasteiger charge is 2.20. The van der Waals surface area contributed by atoms with Crippen molar-refractivity contribution in [3.63, 3.8) is 0 Å². The van der Waals surface area contributed by atoms with Crippen molar-refractivity contribution in [3.05, 3.63) is 64.7 Å². The predicted octanol–water partition coefficient (Wildman–Crippen LogP) is 4.25. The third-order valence-corrected chi connectivity index (χ3v) is 4.08. The fraction of sp³-hybridized carbons (Fsp3) is 0.350. The van der Waals surface area contributed by atoms with Crippen LogP contribution >= 0.6 is 0 Å². The van der Waals surface area contributed by atoms with E-state index in [4.69, 9.17) is 10.5 Å². The lowest BCUT2D eigenvalue weighted by Crippen LogP contribution is -2.22. The quantitative estimate of drug-likeness (QED) is 0.831. The molecule has 0 fully saturated rings. The Balaban J connectivity index is 2.23. The van der Waals surface area contributed by atoms with E-state index in [1.54, 1.807) is 0 Å². The zero-order chi connectivity index (χ0) is 16.8. The van der Waals surface area contributed by atoms with Crippen LogP contribution in [0.1, 0.15) is 47.9 Å². The molecule has 122 valence electrons. The van der Waals surface area contributed by atoms with E-state index in [0.29, 0.717) is 6.61 Å². The van der Waals surface area contributed by atoms with Gasteiger partial charge >= 0.3 is 0 Å². The van der Waals surface area contributed by atoms with E-state index in [2.05, 4.69) is 19.1 Å². The van der Waals surface area contributed by atoms with Gasteiger partial charge in [-0.3, -0.25) is 4.79 Å². The summed E-state index contributed by atoms with van der Waals surface area (Å²) in [5.74, 6) is 0.357. The second-order valence-electron chi connectivity index (χ2n) is 6.00. The molecule has 0 aliphatic rings. The van der Waals surface area contributed by atoms with Crippen molar-refractivity contribution in [2.45, 2.75) is 46.1 Å². The van der Waals surface area contributed by atoms with Crippen LogP contribution in [0.3, 0.4) is 0 Å². The largest absolute Gasteiger partial charge is 0.489 e. The second-order valence-corrected chi connectivity index (χ2v) is 6.00. The van der Waals surface area contributed by atoms with E-state index >= 15 is 0 Å². The van der Waals surface area contributed by atoms with E-state index in [1.807, 2.05) is 44.2 Å². The van der Waals surface area contributed by atoms with Crippen molar-refractivity contribution < 1.29 is 9.53 Å². The molecule has 0 aromatic heterocycles. The van der Waals surface area contributed by atoms with Gasteiger partial charge in [0.1, 0.15) is 12.4 Å². The molecule has 23 heavy (non-hydrogen) atoms. The number of carbonyl (C=O) groups is 1. The minimum atomic E-state index is -0.272. The van der Waals surface area contributed by atoms with Crippen LogP contribution in [0.25, 0.3) is 0 Å². The van der Waals surface area contributed by atoms with Crippen LogP contribution in [-0.4, -0.2) is 5.91 Å². The lowest BCUT2D eigenvalue weighted by atomic mass is 9.90. The molecule has 1 atom stereocenters. The van der Waals surface area contributed by atoms with E-state index in [-0.39, 0.29) is 11.8 Å². The highest BCUT2D eigenvalue weighted by molar-refractivity contribution is 5.82. The van der Waals surface area contributed by atoms with Gasteiger partial charge in [0.25, 0.3) is 0 Å². The van der Waals surface area contributed by atoms with Gasteiger partial charge < -0.3 is 10.5 Å². The SMILES string of the molecule is CCCC(C(N)=O)c1ccccc1COc1cc(C)ccc1C. The minimum Gasteiger partial charge on any atom is -0.489 e. The number of hydrogen-bond acceptors (Lipinski definition) is 2. The molecule has 2 rings (SSSR count). The molecule has 0 bridgehead atoms. The first-order chi connectivity index (χ1) is 11.0. The summed E-state index contributed by atoms with van der Waals surface area (Å²) in [6, 6.07) is 14.1. The molecule has 1 amide bonds. The van der Waals surface area contributed by atoms with Crippen LogP contribution in [0.15, 0.2) is 42.5 Å². The van der Waals surface area contributed by atoms with Gasteiger partial charge in [0.2, 0.25) is 5.91 Å². The molecule has 0 heterocycles. The maximum Gasteiger partial charge on any atom is 0.224 e. The lowest BCUT2D eigenvalue weighted by Gasteiger charge is -2.18. The van der Waals surface area contributed by atoms with Crippen LogP contribution in [0.4, 0.5) is 0 Å². The highest BCUT2D eigenvalue weighted by Crippen LogP contribution is 2.27. The van der Waals surface area contributed by atoms with Crippen molar-refractivity contribution in [2.75, 3.05) is 0 Å². The topological polar surface area (TPSA) is 52.3 Å². The Morgan fingerprint density at radius 3 is 2.61 bits per heavy atom. The maximum atomic E-state index is 11.8. The zero-order valence-electron chi connectivity index (χ0n) is 14.1. The van der Waals surface area contributed by atoms with Gasteiger partial charge in [0.05, 0.1) is 5.92 Å². The molecule has 3 heteroatoms. The average molecular weight is 311 g/mol. The lowest BCUT2D eigenvalue weighted by molar-refractivity contribution is -0.119. The first-order valence-corrected chi connectivity index (χ1v) is 8.10. The van der Waals surface area contributed by atoms with Gasteiger partial charge in [-0.05, 0) is 48.6 Å². The number of benzene rings is 2. The number of nitrogens with two attached hydrogens (primary N) is 1. The Labute approximate surface area is 138 Å². The van der Waals surface area contributed by atoms with E-state index in [1.165, 1.54) is 5.56 Å². The van der Waals surface area contributed by atoms with Crippen molar-refractivity contribution in [3.8, 4) is 5.75 Å². The smallest absolute Gasteiger partial charge is 0.224 e. The average Bonchev–Trinajstić information content (AvgIpc) is 2.53. The van der Waals surface area contributed by atoms with E-state index in [9.17, 15) is 4.79 Å². The van der Waals surface area contributed by atoms with Crippen molar-refractivity contribution in [1.29, 1.82) is 0 Å². The molecular formula is C20H25NO2. The van der Waals surface area contributed by atoms with Gasteiger partial charge in [-0.1, -0.05) is 49.7 Å². The minimum absolute atomic E-state index is 0.251. The molecule has 2 aromatic rings. The molecule has 0 spiro atoms. The molecule has 2 N–H and O–H groups in total. The number of rotatable bonds is 7. The van der Waals surface area contributed by atoms with Crippen LogP contribution in [0.2, 0.25) is 0 Å². The molecule has 0 aliphatic carbocycles. The van der Waals surface area contributed by atoms with E-state index < -0.39 is 0 Å². The van der Waals surface area contributed by atoms with Gasteiger partial charge in [0.15, 0.2) is 0 Å². The van der Waals surface area contributed by atoms with E-state index in [0.717, 1.165) is 35.3 Å². The predicted molar refractivity (Wildman–Crippen MR) is 93.5 cm³/mol.